The minimum absolute atomic E-state index is 0.535. The van der Waals surface area contributed by atoms with Crippen molar-refractivity contribution in [2.45, 2.75) is 19.9 Å². The molecule has 188 valence electrons. The second kappa shape index (κ2) is 9.37. The fourth-order valence-electron chi connectivity index (χ4n) is 5.21. The van der Waals surface area contributed by atoms with Crippen molar-refractivity contribution in [3.63, 3.8) is 0 Å². The molecule has 0 spiro atoms. The Hall–Kier alpha value is -4.17. The zero-order chi connectivity index (χ0) is 25.5. The van der Waals surface area contributed by atoms with Crippen molar-refractivity contribution in [3.8, 4) is 11.4 Å². The summed E-state index contributed by atoms with van der Waals surface area (Å²) >= 11 is 0. The van der Waals surface area contributed by atoms with Crippen molar-refractivity contribution >= 4 is 27.8 Å². The average molecular weight is 495 g/mol. The molecule has 8 heteroatoms. The Morgan fingerprint density at radius 1 is 0.865 bits per heavy atom. The van der Waals surface area contributed by atoms with Gasteiger partial charge in [0.15, 0.2) is 0 Å². The number of anilines is 1. The standard InChI is InChI=1S/C29H30N6O2/c1-3-19-7-10-21(11-8-19)27-30-23-5-4-6-24(26(23)32-27)35-15-13-34(14-16-35)18-20-9-12-22-25(17-20)33(2)29(37)28(36)31-22/h4-12,17H,3,13-16,18H2,1-2H3,(H,30,32)(H,31,36). The van der Waals surface area contributed by atoms with Crippen LogP contribution in [0.15, 0.2) is 70.3 Å². The summed E-state index contributed by atoms with van der Waals surface area (Å²) in [5, 5.41) is 0. The van der Waals surface area contributed by atoms with Gasteiger partial charge in [0.1, 0.15) is 11.3 Å². The van der Waals surface area contributed by atoms with Gasteiger partial charge in [-0.15, -0.1) is 0 Å². The molecule has 6 rings (SSSR count). The van der Waals surface area contributed by atoms with Crippen molar-refractivity contribution in [3.05, 3.63) is 92.5 Å². The zero-order valence-electron chi connectivity index (χ0n) is 21.1. The van der Waals surface area contributed by atoms with Gasteiger partial charge in [0.05, 0.1) is 22.2 Å². The molecule has 0 unspecified atom stereocenters. The average Bonchev–Trinajstić information content (AvgIpc) is 3.37. The van der Waals surface area contributed by atoms with Crippen molar-refractivity contribution in [1.29, 1.82) is 0 Å². The Morgan fingerprint density at radius 3 is 2.38 bits per heavy atom. The first-order valence-electron chi connectivity index (χ1n) is 12.8. The number of aromatic nitrogens is 4. The van der Waals surface area contributed by atoms with E-state index in [2.05, 4.69) is 69.2 Å². The molecule has 0 saturated carbocycles. The smallest absolute Gasteiger partial charge is 0.316 e. The lowest BCUT2D eigenvalue weighted by molar-refractivity contribution is 0.250. The van der Waals surface area contributed by atoms with Gasteiger partial charge < -0.3 is 19.4 Å². The minimum Gasteiger partial charge on any atom is -0.367 e. The van der Waals surface area contributed by atoms with Crippen LogP contribution in [-0.4, -0.2) is 50.6 Å². The molecule has 1 saturated heterocycles. The molecular formula is C29H30N6O2. The molecule has 1 aliphatic rings. The van der Waals surface area contributed by atoms with Gasteiger partial charge in [-0.05, 0) is 41.8 Å². The first-order valence-corrected chi connectivity index (χ1v) is 12.8. The molecule has 5 aromatic rings. The Bertz CT molecular complexity index is 1710. The number of rotatable bonds is 5. The maximum atomic E-state index is 12.1. The fraction of sp³-hybridized carbons (Fsp3) is 0.276. The SMILES string of the molecule is CCc1ccc(-c2nc3c(N4CCN(Cc5ccc6[nH]c(=O)c(=O)n(C)c6c5)CC4)cccc3[nH]2)cc1. The highest BCUT2D eigenvalue weighted by atomic mass is 16.2. The quantitative estimate of drug-likeness (QED) is 0.364. The maximum absolute atomic E-state index is 12.1. The van der Waals surface area contributed by atoms with E-state index in [1.165, 1.54) is 10.1 Å². The third-order valence-corrected chi connectivity index (χ3v) is 7.42. The van der Waals surface area contributed by atoms with E-state index >= 15 is 0 Å². The first-order chi connectivity index (χ1) is 18.0. The van der Waals surface area contributed by atoms with E-state index in [9.17, 15) is 9.59 Å². The van der Waals surface area contributed by atoms with Crippen LogP contribution < -0.4 is 16.0 Å². The number of nitrogens with zero attached hydrogens (tertiary/aromatic N) is 4. The van der Waals surface area contributed by atoms with E-state index in [0.717, 1.165) is 78.3 Å². The predicted octanol–water partition coefficient (Wildman–Crippen LogP) is 3.65. The second-order valence-corrected chi connectivity index (χ2v) is 9.74. The second-order valence-electron chi connectivity index (χ2n) is 9.74. The van der Waals surface area contributed by atoms with Gasteiger partial charge in [-0.3, -0.25) is 14.5 Å². The predicted molar refractivity (Wildman–Crippen MR) is 148 cm³/mol. The Morgan fingerprint density at radius 2 is 1.62 bits per heavy atom. The molecule has 3 heterocycles. The van der Waals surface area contributed by atoms with Crippen molar-refractivity contribution in [2.75, 3.05) is 31.1 Å². The summed E-state index contributed by atoms with van der Waals surface area (Å²) in [5.74, 6) is 0.899. The number of H-pyrrole nitrogens is 2. The number of benzene rings is 3. The molecule has 1 fully saturated rings. The number of fused-ring (bicyclic) bond motifs is 2. The van der Waals surface area contributed by atoms with Gasteiger partial charge in [0.2, 0.25) is 0 Å². The van der Waals surface area contributed by atoms with Crippen LogP contribution in [0.1, 0.15) is 18.1 Å². The first kappa shape index (κ1) is 23.2. The van der Waals surface area contributed by atoms with E-state index in [1.807, 2.05) is 18.2 Å². The maximum Gasteiger partial charge on any atom is 0.316 e. The summed E-state index contributed by atoms with van der Waals surface area (Å²) in [4.78, 5) is 39.8. The van der Waals surface area contributed by atoms with E-state index < -0.39 is 11.1 Å². The molecule has 2 N–H and O–H groups in total. The number of hydrogen-bond donors (Lipinski definition) is 2. The van der Waals surface area contributed by atoms with E-state index in [0.29, 0.717) is 5.52 Å². The number of piperazine rings is 1. The van der Waals surface area contributed by atoms with Gasteiger partial charge in [-0.2, -0.15) is 0 Å². The molecule has 8 nitrogen and oxygen atoms in total. The van der Waals surface area contributed by atoms with Crippen LogP contribution in [0.3, 0.4) is 0 Å². The van der Waals surface area contributed by atoms with Crippen molar-refractivity contribution < 1.29 is 0 Å². The summed E-state index contributed by atoms with van der Waals surface area (Å²) in [7, 11) is 1.64. The molecule has 2 aromatic heterocycles. The largest absolute Gasteiger partial charge is 0.367 e. The minimum atomic E-state index is -0.590. The zero-order valence-corrected chi connectivity index (χ0v) is 21.1. The summed E-state index contributed by atoms with van der Waals surface area (Å²) in [6.07, 6.45) is 1.03. The van der Waals surface area contributed by atoms with Crippen LogP contribution in [0.2, 0.25) is 0 Å². The van der Waals surface area contributed by atoms with Crippen LogP contribution in [0.25, 0.3) is 33.5 Å². The number of imidazole rings is 1. The summed E-state index contributed by atoms with van der Waals surface area (Å²) in [5.41, 5.74) is 7.05. The lowest BCUT2D eigenvalue weighted by Crippen LogP contribution is -2.46. The molecule has 0 bridgehead atoms. The van der Waals surface area contributed by atoms with Crippen LogP contribution in [-0.2, 0) is 20.0 Å². The number of nitrogens with one attached hydrogen (secondary N) is 2. The van der Waals surface area contributed by atoms with Crippen LogP contribution in [0.5, 0.6) is 0 Å². The highest BCUT2D eigenvalue weighted by molar-refractivity contribution is 5.91. The topological polar surface area (TPSA) is 90.0 Å². The van der Waals surface area contributed by atoms with Gasteiger partial charge in [0.25, 0.3) is 0 Å². The van der Waals surface area contributed by atoms with Crippen LogP contribution >= 0.6 is 0 Å². The Kier molecular flexibility index (Phi) is 5.88. The van der Waals surface area contributed by atoms with Crippen molar-refractivity contribution in [2.24, 2.45) is 7.05 Å². The summed E-state index contributed by atoms with van der Waals surface area (Å²) in [6, 6.07) is 20.8. The molecule has 0 radical (unpaired) electrons. The summed E-state index contributed by atoms with van der Waals surface area (Å²) < 4.78 is 1.42. The Labute approximate surface area is 214 Å². The van der Waals surface area contributed by atoms with E-state index in [4.69, 9.17) is 4.98 Å². The van der Waals surface area contributed by atoms with Gasteiger partial charge in [-0.25, -0.2) is 4.98 Å². The number of aromatic amines is 2. The molecule has 0 aliphatic carbocycles. The third-order valence-electron chi connectivity index (χ3n) is 7.42. The summed E-state index contributed by atoms with van der Waals surface area (Å²) in [6.45, 7) is 6.62. The van der Waals surface area contributed by atoms with Crippen LogP contribution in [0.4, 0.5) is 5.69 Å². The van der Waals surface area contributed by atoms with Crippen LogP contribution in [0, 0.1) is 0 Å². The van der Waals surface area contributed by atoms with Crippen molar-refractivity contribution in [1.82, 2.24) is 24.4 Å². The molecule has 0 amide bonds. The number of para-hydroxylation sites is 1. The number of aryl methyl sites for hydroxylation is 2. The Balaban J connectivity index is 1.18. The highest BCUT2D eigenvalue weighted by Crippen LogP contribution is 2.29. The molecule has 1 aliphatic heterocycles. The highest BCUT2D eigenvalue weighted by Gasteiger charge is 2.21. The van der Waals surface area contributed by atoms with Gasteiger partial charge >= 0.3 is 11.1 Å². The fourth-order valence-corrected chi connectivity index (χ4v) is 5.21. The van der Waals surface area contributed by atoms with Gasteiger partial charge in [0, 0.05) is 45.3 Å². The normalized spacial score (nSPS) is 14.6. The lowest BCUT2D eigenvalue weighted by atomic mass is 10.1. The van der Waals surface area contributed by atoms with E-state index in [1.54, 1.807) is 7.05 Å². The van der Waals surface area contributed by atoms with E-state index in [-0.39, 0.29) is 0 Å². The monoisotopic (exact) mass is 494 g/mol. The molecule has 0 atom stereocenters. The lowest BCUT2D eigenvalue weighted by Gasteiger charge is -2.36. The molecule has 37 heavy (non-hydrogen) atoms. The molecule has 3 aromatic carbocycles. The van der Waals surface area contributed by atoms with Gasteiger partial charge in [-0.1, -0.05) is 43.3 Å². The third kappa shape index (κ3) is 4.34. The molecular weight excluding hydrogens is 464 g/mol. The number of hydrogen-bond acceptors (Lipinski definition) is 5.